The molecule has 0 saturated heterocycles. The van der Waals surface area contributed by atoms with Gasteiger partial charge in [-0.3, -0.25) is 0 Å². The number of para-hydroxylation sites is 1. The molecule has 9 nitrogen and oxygen atoms in total. The number of rotatable bonds is 9. The summed E-state index contributed by atoms with van der Waals surface area (Å²) in [4.78, 5) is 17.5. The molecule has 0 atom stereocenters. The first-order chi connectivity index (χ1) is 17.7. The number of fused-ring (bicyclic) bond motifs is 1. The molecule has 2 heterocycles. The van der Waals surface area contributed by atoms with Gasteiger partial charge in [-0.15, -0.1) is 10.2 Å². The molecule has 36 heavy (non-hydrogen) atoms. The predicted octanol–water partition coefficient (Wildman–Crippen LogP) is 4.93. The maximum atomic E-state index is 12.7. The quantitative estimate of drug-likeness (QED) is 0.287. The van der Waals surface area contributed by atoms with Gasteiger partial charge in [-0.1, -0.05) is 61.5 Å². The number of benzene rings is 3. The summed E-state index contributed by atoms with van der Waals surface area (Å²) in [6.45, 7) is 5.56. The number of ether oxygens (including phenoxy) is 1. The Bertz CT molecular complexity index is 1470. The molecule has 0 amide bonds. The molecule has 5 rings (SSSR count). The highest BCUT2D eigenvalue weighted by Crippen LogP contribution is 2.31. The molecular weight excluding hydrogens is 454 g/mol. The summed E-state index contributed by atoms with van der Waals surface area (Å²) in [5, 5.41) is 17.9. The lowest BCUT2D eigenvalue weighted by molar-refractivity contribution is 0.0528. The maximum Gasteiger partial charge on any atom is 0.340 e. The van der Waals surface area contributed by atoms with Gasteiger partial charge in [0.05, 0.1) is 29.7 Å². The number of carbonyl (C=O) groups is 1. The van der Waals surface area contributed by atoms with Crippen molar-refractivity contribution in [3.05, 3.63) is 77.9 Å². The highest BCUT2D eigenvalue weighted by Gasteiger charge is 2.19. The lowest BCUT2D eigenvalue weighted by Crippen LogP contribution is -2.12. The SMILES string of the molecule is CCCNc1nc2cccc(C(=O)OCC)c2n1Cc1ccc(-c2ccccc2-c2nn[nH]n2)cc1. The smallest absolute Gasteiger partial charge is 0.340 e. The highest BCUT2D eigenvalue weighted by molar-refractivity contribution is 6.03. The van der Waals surface area contributed by atoms with Crippen LogP contribution in [0.15, 0.2) is 66.7 Å². The van der Waals surface area contributed by atoms with E-state index >= 15 is 0 Å². The third-order valence-electron chi connectivity index (χ3n) is 5.91. The van der Waals surface area contributed by atoms with Crippen LogP contribution in [-0.2, 0) is 11.3 Å². The first-order valence-electron chi connectivity index (χ1n) is 12.0. The van der Waals surface area contributed by atoms with Gasteiger partial charge in [0, 0.05) is 12.1 Å². The van der Waals surface area contributed by atoms with Gasteiger partial charge in [0.15, 0.2) is 0 Å². The fourth-order valence-corrected chi connectivity index (χ4v) is 4.26. The number of hydrogen-bond donors (Lipinski definition) is 2. The van der Waals surface area contributed by atoms with E-state index in [1.165, 1.54) is 0 Å². The number of esters is 1. The summed E-state index contributed by atoms with van der Waals surface area (Å²) in [5.74, 6) is 0.938. The molecule has 0 radical (unpaired) electrons. The molecular formula is C27H27N7O2. The zero-order valence-electron chi connectivity index (χ0n) is 20.2. The van der Waals surface area contributed by atoms with E-state index in [2.05, 4.69) is 61.7 Å². The second-order valence-corrected chi connectivity index (χ2v) is 8.32. The minimum Gasteiger partial charge on any atom is -0.462 e. The normalized spacial score (nSPS) is 11.1. The number of anilines is 1. The number of tetrazole rings is 1. The van der Waals surface area contributed by atoms with Crippen molar-refractivity contribution >= 4 is 23.0 Å². The Hall–Kier alpha value is -4.53. The standard InChI is InChI=1S/C27H27N7O2/c1-3-16-28-27-29-23-11-7-10-22(26(35)36-4-2)24(23)34(27)17-18-12-14-19(15-13-18)20-8-5-6-9-21(20)25-30-32-33-31-25/h5-15H,3-4,16-17H2,1-2H3,(H,28,29)(H,30,31,32,33). The summed E-state index contributed by atoms with van der Waals surface area (Å²) in [6, 6.07) is 21.9. The van der Waals surface area contributed by atoms with E-state index in [-0.39, 0.29) is 5.97 Å². The second-order valence-electron chi connectivity index (χ2n) is 8.32. The molecule has 0 aliphatic heterocycles. The topological polar surface area (TPSA) is 111 Å². The number of H-pyrrole nitrogens is 1. The van der Waals surface area contributed by atoms with Gasteiger partial charge in [0.1, 0.15) is 0 Å². The third-order valence-corrected chi connectivity index (χ3v) is 5.91. The van der Waals surface area contributed by atoms with E-state index < -0.39 is 0 Å². The van der Waals surface area contributed by atoms with Crippen molar-refractivity contribution < 1.29 is 9.53 Å². The van der Waals surface area contributed by atoms with Crippen molar-refractivity contribution in [1.29, 1.82) is 0 Å². The molecule has 0 fully saturated rings. The zero-order valence-corrected chi connectivity index (χ0v) is 20.2. The Kier molecular flexibility index (Phi) is 6.70. The third kappa shape index (κ3) is 4.55. The molecule has 2 N–H and O–H groups in total. The van der Waals surface area contributed by atoms with E-state index in [4.69, 9.17) is 9.72 Å². The zero-order chi connectivity index (χ0) is 24.9. The molecule has 2 aromatic heterocycles. The lowest BCUT2D eigenvalue weighted by Gasteiger charge is -2.13. The highest BCUT2D eigenvalue weighted by atomic mass is 16.5. The van der Waals surface area contributed by atoms with E-state index in [0.29, 0.717) is 24.5 Å². The van der Waals surface area contributed by atoms with Crippen molar-refractivity contribution in [2.75, 3.05) is 18.5 Å². The molecule has 5 aromatic rings. The lowest BCUT2D eigenvalue weighted by atomic mass is 9.98. The summed E-state index contributed by atoms with van der Waals surface area (Å²) in [6.07, 6.45) is 0.961. The van der Waals surface area contributed by atoms with Crippen LogP contribution >= 0.6 is 0 Å². The largest absolute Gasteiger partial charge is 0.462 e. The van der Waals surface area contributed by atoms with Crippen LogP contribution in [0, 0.1) is 0 Å². The van der Waals surface area contributed by atoms with E-state index in [9.17, 15) is 4.79 Å². The summed E-state index contributed by atoms with van der Waals surface area (Å²) >= 11 is 0. The summed E-state index contributed by atoms with van der Waals surface area (Å²) in [7, 11) is 0. The van der Waals surface area contributed by atoms with Crippen LogP contribution in [0.4, 0.5) is 5.95 Å². The Labute approximate surface area is 208 Å². The molecule has 182 valence electrons. The fraction of sp³-hybridized carbons (Fsp3) is 0.222. The van der Waals surface area contributed by atoms with Gasteiger partial charge >= 0.3 is 5.97 Å². The van der Waals surface area contributed by atoms with Crippen LogP contribution in [0.5, 0.6) is 0 Å². The summed E-state index contributed by atoms with van der Waals surface area (Å²) in [5.41, 5.74) is 6.08. The van der Waals surface area contributed by atoms with E-state index in [1.807, 2.05) is 43.3 Å². The van der Waals surface area contributed by atoms with Crippen LogP contribution in [0.1, 0.15) is 36.2 Å². The molecule has 0 spiro atoms. The Morgan fingerprint density at radius 3 is 2.53 bits per heavy atom. The number of carbonyl (C=O) groups excluding carboxylic acids is 1. The van der Waals surface area contributed by atoms with E-state index in [0.717, 1.165) is 52.2 Å². The summed E-state index contributed by atoms with van der Waals surface area (Å²) < 4.78 is 7.38. The first-order valence-corrected chi connectivity index (χ1v) is 12.0. The maximum absolute atomic E-state index is 12.7. The average Bonchev–Trinajstić information content (AvgIpc) is 3.57. The molecule has 0 saturated carbocycles. The molecule has 0 aliphatic carbocycles. The molecule has 0 aliphatic rings. The van der Waals surface area contributed by atoms with Crippen LogP contribution in [0.3, 0.4) is 0 Å². The van der Waals surface area contributed by atoms with Gasteiger partial charge in [-0.2, -0.15) is 5.21 Å². The van der Waals surface area contributed by atoms with Gasteiger partial charge in [0.2, 0.25) is 11.8 Å². The van der Waals surface area contributed by atoms with Crippen molar-refractivity contribution in [3.8, 4) is 22.5 Å². The Balaban J connectivity index is 1.52. The van der Waals surface area contributed by atoms with E-state index in [1.54, 1.807) is 6.07 Å². The Morgan fingerprint density at radius 2 is 1.81 bits per heavy atom. The molecule has 9 heteroatoms. The van der Waals surface area contributed by atoms with Crippen molar-refractivity contribution in [1.82, 2.24) is 30.2 Å². The van der Waals surface area contributed by atoms with Crippen molar-refractivity contribution in [2.45, 2.75) is 26.8 Å². The van der Waals surface area contributed by atoms with Crippen LogP contribution in [0.25, 0.3) is 33.5 Å². The number of aromatic nitrogens is 6. The molecule has 0 unspecified atom stereocenters. The van der Waals surface area contributed by atoms with Crippen LogP contribution in [-0.4, -0.2) is 49.3 Å². The Morgan fingerprint density at radius 1 is 1.00 bits per heavy atom. The van der Waals surface area contributed by atoms with Crippen LogP contribution < -0.4 is 5.32 Å². The molecule has 3 aromatic carbocycles. The minimum absolute atomic E-state index is 0.317. The predicted molar refractivity (Wildman–Crippen MR) is 139 cm³/mol. The molecule has 0 bridgehead atoms. The number of aromatic amines is 1. The number of hydrogen-bond acceptors (Lipinski definition) is 7. The minimum atomic E-state index is -0.347. The monoisotopic (exact) mass is 481 g/mol. The van der Waals surface area contributed by atoms with Gasteiger partial charge in [-0.05, 0) is 47.4 Å². The van der Waals surface area contributed by atoms with Gasteiger partial charge < -0.3 is 14.6 Å². The van der Waals surface area contributed by atoms with Crippen molar-refractivity contribution in [3.63, 3.8) is 0 Å². The first kappa shape index (κ1) is 23.2. The number of nitrogens with zero attached hydrogens (tertiary/aromatic N) is 5. The van der Waals surface area contributed by atoms with Crippen molar-refractivity contribution in [2.24, 2.45) is 0 Å². The van der Waals surface area contributed by atoms with Crippen LogP contribution in [0.2, 0.25) is 0 Å². The fourth-order valence-electron chi connectivity index (χ4n) is 4.26. The number of nitrogens with one attached hydrogen (secondary N) is 2. The second kappa shape index (κ2) is 10.4. The average molecular weight is 482 g/mol. The van der Waals surface area contributed by atoms with Gasteiger partial charge in [-0.25, -0.2) is 9.78 Å². The number of imidazole rings is 1. The van der Waals surface area contributed by atoms with Gasteiger partial charge in [0.25, 0.3) is 0 Å².